The topological polar surface area (TPSA) is 102 Å². The first-order valence-corrected chi connectivity index (χ1v) is 6.52. The predicted molar refractivity (Wildman–Crippen MR) is 74.9 cm³/mol. The number of H-pyrrole nitrogens is 1. The fraction of sp³-hybridized carbons (Fsp3) is 0.462. The Balaban J connectivity index is 1.91. The Morgan fingerprint density at radius 3 is 2.85 bits per heavy atom. The number of hydrogen-bond donors (Lipinski definition) is 3. The van der Waals surface area contributed by atoms with Crippen LogP contribution in [0.2, 0.25) is 0 Å². The number of aromatic nitrogens is 4. The molecule has 0 aliphatic heterocycles. The summed E-state index contributed by atoms with van der Waals surface area (Å²) in [6.45, 7) is 4.22. The van der Waals surface area contributed by atoms with Crippen molar-refractivity contribution in [2.24, 2.45) is 12.8 Å². The van der Waals surface area contributed by atoms with Crippen LogP contribution >= 0.6 is 0 Å². The van der Waals surface area contributed by atoms with E-state index in [0.717, 1.165) is 29.1 Å². The predicted octanol–water partition coefficient (Wildman–Crippen LogP) is 0.119. The zero-order valence-corrected chi connectivity index (χ0v) is 12.0. The third kappa shape index (κ3) is 2.88. The molecule has 0 bridgehead atoms. The smallest absolute Gasteiger partial charge is 0.241 e. The van der Waals surface area contributed by atoms with Gasteiger partial charge < -0.3 is 11.1 Å². The van der Waals surface area contributed by atoms with Gasteiger partial charge in [-0.25, -0.2) is 0 Å². The van der Waals surface area contributed by atoms with Gasteiger partial charge in [-0.05, 0) is 19.9 Å². The maximum atomic E-state index is 12.1. The third-order valence-electron chi connectivity index (χ3n) is 3.38. The Bertz CT molecular complexity index is 580. The third-order valence-corrected chi connectivity index (χ3v) is 3.38. The summed E-state index contributed by atoms with van der Waals surface area (Å²) in [5.74, 6) is -0.195. The standard InChI is InChI=1S/C13H20N6O/c1-8-11(9(2)18-17-8)12(14)13(20)15-6-4-10-5-7-16-19(10)3/h5,7,12H,4,6,14H2,1-3H3,(H,15,20)(H,17,18)/t12-/m0/s1. The monoisotopic (exact) mass is 276 g/mol. The molecular weight excluding hydrogens is 256 g/mol. The van der Waals surface area contributed by atoms with Crippen molar-refractivity contribution in [3.63, 3.8) is 0 Å². The minimum absolute atomic E-state index is 0.195. The van der Waals surface area contributed by atoms with E-state index < -0.39 is 6.04 Å². The van der Waals surface area contributed by atoms with E-state index in [2.05, 4.69) is 20.6 Å². The molecule has 0 unspecified atom stereocenters. The normalized spacial score (nSPS) is 12.4. The molecule has 0 saturated carbocycles. The highest BCUT2D eigenvalue weighted by atomic mass is 16.2. The minimum atomic E-state index is -0.694. The molecule has 0 saturated heterocycles. The van der Waals surface area contributed by atoms with Crippen molar-refractivity contribution < 1.29 is 4.79 Å². The average Bonchev–Trinajstić information content (AvgIpc) is 2.96. The fourth-order valence-electron chi connectivity index (χ4n) is 2.22. The lowest BCUT2D eigenvalue weighted by atomic mass is 10.1. The molecule has 0 aliphatic carbocycles. The lowest BCUT2D eigenvalue weighted by molar-refractivity contribution is -0.122. The molecule has 20 heavy (non-hydrogen) atoms. The van der Waals surface area contributed by atoms with Crippen LogP contribution in [0.15, 0.2) is 12.3 Å². The van der Waals surface area contributed by atoms with Crippen molar-refractivity contribution in [2.45, 2.75) is 26.3 Å². The largest absolute Gasteiger partial charge is 0.354 e. The van der Waals surface area contributed by atoms with Gasteiger partial charge in [-0.2, -0.15) is 10.2 Å². The van der Waals surface area contributed by atoms with Crippen molar-refractivity contribution in [1.29, 1.82) is 0 Å². The molecule has 7 heteroatoms. The molecule has 0 aliphatic rings. The lowest BCUT2D eigenvalue weighted by Crippen LogP contribution is -2.35. The van der Waals surface area contributed by atoms with Gasteiger partial charge in [0.15, 0.2) is 0 Å². The van der Waals surface area contributed by atoms with E-state index in [1.807, 2.05) is 27.0 Å². The summed E-state index contributed by atoms with van der Waals surface area (Å²) in [7, 11) is 1.88. The van der Waals surface area contributed by atoms with Crippen molar-refractivity contribution >= 4 is 5.91 Å². The van der Waals surface area contributed by atoms with E-state index in [1.54, 1.807) is 10.9 Å². The number of aryl methyl sites for hydroxylation is 3. The molecule has 0 fully saturated rings. The molecule has 2 heterocycles. The van der Waals surface area contributed by atoms with E-state index in [-0.39, 0.29) is 5.91 Å². The number of nitrogens with two attached hydrogens (primary N) is 1. The Hall–Kier alpha value is -2.15. The van der Waals surface area contributed by atoms with Crippen LogP contribution in [0.1, 0.15) is 28.7 Å². The molecule has 0 radical (unpaired) electrons. The molecule has 1 atom stereocenters. The highest BCUT2D eigenvalue weighted by Gasteiger charge is 2.21. The number of amides is 1. The van der Waals surface area contributed by atoms with Gasteiger partial charge in [-0.1, -0.05) is 0 Å². The van der Waals surface area contributed by atoms with Gasteiger partial charge in [0.25, 0.3) is 0 Å². The zero-order chi connectivity index (χ0) is 14.7. The number of carbonyl (C=O) groups excluding carboxylic acids is 1. The molecule has 0 spiro atoms. The molecular formula is C13H20N6O. The molecule has 0 aromatic carbocycles. The van der Waals surface area contributed by atoms with Gasteiger partial charge in [0.05, 0.1) is 5.69 Å². The molecule has 1 amide bonds. The molecule has 2 aromatic rings. The maximum absolute atomic E-state index is 12.1. The molecule has 2 aromatic heterocycles. The van der Waals surface area contributed by atoms with Gasteiger partial charge in [-0.15, -0.1) is 0 Å². The summed E-state index contributed by atoms with van der Waals surface area (Å²) in [6, 6.07) is 1.23. The number of rotatable bonds is 5. The van der Waals surface area contributed by atoms with Crippen LogP contribution in [0.5, 0.6) is 0 Å². The quantitative estimate of drug-likeness (QED) is 0.721. The lowest BCUT2D eigenvalue weighted by Gasteiger charge is -2.12. The van der Waals surface area contributed by atoms with E-state index in [0.29, 0.717) is 6.54 Å². The van der Waals surface area contributed by atoms with Crippen molar-refractivity contribution in [3.05, 3.63) is 34.9 Å². The maximum Gasteiger partial charge on any atom is 0.241 e. The average molecular weight is 276 g/mol. The van der Waals surface area contributed by atoms with Gasteiger partial charge in [-0.3, -0.25) is 14.6 Å². The summed E-state index contributed by atoms with van der Waals surface area (Å²) in [6.07, 6.45) is 2.46. The van der Waals surface area contributed by atoms with E-state index >= 15 is 0 Å². The van der Waals surface area contributed by atoms with E-state index in [1.165, 1.54) is 0 Å². The highest BCUT2D eigenvalue weighted by molar-refractivity contribution is 5.83. The van der Waals surface area contributed by atoms with Crippen LogP contribution < -0.4 is 11.1 Å². The van der Waals surface area contributed by atoms with Gasteiger partial charge in [0.2, 0.25) is 5.91 Å². The first kappa shape index (κ1) is 14.3. The molecule has 4 N–H and O–H groups in total. The number of aromatic amines is 1. The first-order valence-electron chi connectivity index (χ1n) is 6.52. The Morgan fingerprint density at radius 1 is 1.55 bits per heavy atom. The molecule has 108 valence electrons. The van der Waals surface area contributed by atoms with Crippen LogP contribution in [0.3, 0.4) is 0 Å². The fourth-order valence-corrected chi connectivity index (χ4v) is 2.22. The summed E-state index contributed by atoms with van der Waals surface area (Å²) < 4.78 is 1.79. The number of nitrogens with one attached hydrogen (secondary N) is 2. The van der Waals surface area contributed by atoms with Crippen molar-refractivity contribution in [3.8, 4) is 0 Å². The van der Waals surface area contributed by atoms with Gasteiger partial charge >= 0.3 is 0 Å². The van der Waals surface area contributed by atoms with Crippen LogP contribution in [-0.2, 0) is 18.3 Å². The highest BCUT2D eigenvalue weighted by Crippen LogP contribution is 2.17. The minimum Gasteiger partial charge on any atom is -0.354 e. The summed E-state index contributed by atoms with van der Waals surface area (Å²) in [5.41, 5.74) is 9.41. The van der Waals surface area contributed by atoms with Crippen molar-refractivity contribution in [2.75, 3.05) is 6.54 Å². The number of nitrogens with zero attached hydrogens (tertiary/aromatic N) is 3. The first-order chi connectivity index (χ1) is 9.50. The Labute approximate surface area is 117 Å². The molecule has 7 nitrogen and oxygen atoms in total. The summed E-state index contributed by atoms with van der Waals surface area (Å²) in [4.78, 5) is 12.1. The second-order valence-corrected chi connectivity index (χ2v) is 4.81. The van der Waals surface area contributed by atoms with E-state index in [9.17, 15) is 4.79 Å². The van der Waals surface area contributed by atoms with Crippen LogP contribution in [0.25, 0.3) is 0 Å². The zero-order valence-electron chi connectivity index (χ0n) is 12.0. The van der Waals surface area contributed by atoms with Crippen LogP contribution in [-0.4, -0.2) is 32.4 Å². The van der Waals surface area contributed by atoms with E-state index in [4.69, 9.17) is 5.73 Å². The van der Waals surface area contributed by atoms with Crippen molar-refractivity contribution in [1.82, 2.24) is 25.3 Å². The van der Waals surface area contributed by atoms with Crippen LogP contribution in [0.4, 0.5) is 0 Å². The second-order valence-electron chi connectivity index (χ2n) is 4.81. The Kier molecular flexibility index (Phi) is 4.19. The second kappa shape index (κ2) is 5.87. The summed E-state index contributed by atoms with van der Waals surface area (Å²) >= 11 is 0. The van der Waals surface area contributed by atoms with Gasteiger partial charge in [0.1, 0.15) is 6.04 Å². The number of carbonyl (C=O) groups is 1. The summed E-state index contributed by atoms with van der Waals surface area (Å²) in [5, 5.41) is 13.8. The SMILES string of the molecule is Cc1n[nH]c(C)c1[C@H](N)C(=O)NCCc1ccnn1C. The van der Waals surface area contributed by atoms with Gasteiger partial charge in [0, 0.05) is 43.2 Å². The Morgan fingerprint density at radius 2 is 2.30 bits per heavy atom. The molecule has 2 rings (SSSR count). The number of hydrogen-bond acceptors (Lipinski definition) is 4. The van der Waals surface area contributed by atoms with Crippen LogP contribution in [0, 0.1) is 13.8 Å².